The van der Waals surface area contributed by atoms with Gasteiger partial charge < -0.3 is 9.47 Å². The first kappa shape index (κ1) is 10.5. The summed E-state index contributed by atoms with van der Waals surface area (Å²) >= 11 is 0. The Hall–Kier alpha value is -0.590. The van der Waals surface area contributed by atoms with E-state index in [4.69, 9.17) is 14.7 Å². The summed E-state index contributed by atoms with van der Waals surface area (Å²) in [4.78, 5) is 0. The van der Waals surface area contributed by atoms with E-state index in [1.807, 2.05) is 0 Å². The van der Waals surface area contributed by atoms with Crippen LogP contribution in [0.15, 0.2) is 0 Å². The first-order valence-electron chi connectivity index (χ1n) is 4.88. The molecule has 0 saturated heterocycles. The van der Waals surface area contributed by atoms with E-state index in [1.54, 1.807) is 7.11 Å². The first-order valence-corrected chi connectivity index (χ1v) is 4.88. The molecule has 1 aliphatic carbocycles. The molecule has 0 aliphatic heterocycles. The Morgan fingerprint density at radius 1 is 1.31 bits per heavy atom. The first-order chi connectivity index (χ1) is 6.38. The Kier molecular flexibility index (Phi) is 4.81. The van der Waals surface area contributed by atoms with Crippen LogP contribution in [0.5, 0.6) is 0 Å². The lowest BCUT2D eigenvalue weighted by molar-refractivity contribution is -0.0175. The fourth-order valence-corrected chi connectivity index (χ4v) is 1.73. The molecule has 1 saturated carbocycles. The molecule has 0 aromatic heterocycles. The molecule has 0 amide bonds. The highest BCUT2D eigenvalue weighted by Crippen LogP contribution is 2.25. The van der Waals surface area contributed by atoms with Gasteiger partial charge in [0.2, 0.25) is 0 Å². The molecule has 0 heterocycles. The van der Waals surface area contributed by atoms with Gasteiger partial charge in [0.25, 0.3) is 0 Å². The number of ether oxygens (including phenoxy) is 2. The largest absolute Gasteiger partial charge is 0.382 e. The average molecular weight is 183 g/mol. The maximum Gasteiger partial charge on any atom is 0.0734 e. The van der Waals surface area contributed by atoms with Gasteiger partial charge in [0.05, 0.1) is 31.3 Å². The molecular formula is C10H17NO2. The van der Waals surface area contributed by atoms with E-state index in [0.717, 1.165) is 12.8 Å². The lowest BCUT2D eigenvalue weighted by atomic mass is 9.87. The summed E-state index contributed by atoms with van der Waals surface area (Å²) < 4.78 is 10.5. The summed E-state index contributed by atoms with van der Waals surface area (Å²) in [5.74, 6) is 0.102. The van der Waals surface area contributed by atoms with Gasteiger partial charge in [-0.25, -0.2) is 0 Å². The molecule has 13 heavy (non-hydrogen) atoms. The Balaban J connectivity index is 2.24. The van der Waals surface area contributed by atoms with Crippen molar-refractivity contribution < 1.29 is 9.47 Å². The van der Waals surface area contributed by atoms with Crippen molar-refractivity contribution in [1.82, 2.24) is 0 Å². The van der Waals surface area contributed by atoms with E-state index in [0.29, 0.717) is 13.2 Å². The third-order valence-electron chi connectivity index (χ3n) is 2.49. The number of hydrogen-bond donors (Lipinski definition) is 0. The van der Waals surface area contributed by atoms with Crippen molar-refractivity contribution in [1.29, 1.82) is 5.26 Å². The van der Waals surface area contributed by atoms with E-state index in [9.17, 15) is 0 Å². The highest BCUT2D eigenvalue weighted by Gasteiger charge is 2.25. The van der Waals surface area contributed by atoms with Crippen LogP contribution in [0.25, 0.3) is 0 Å². The molecule has 2 atom stereocenters. The molecule has 2 unspecified atom stereocenters. The Morgan fingerprint density at radius 3 is 2.77 bits per heavy atom. The van der Waals surface area contributed by atoms with Crippen LogP contribution >= 0.6 is 0 Å². The molecule has 0 aromatic carbocycles. The third kappa shape index (κ3) is 3.33. The summed E-state index contributed by atoms with van der Waals surface area (Å²) in [7, 11) is 1.66. The van der Waals surface area contributed by atoms with Crippen LogP contribution in [-0.4, -0.2) is 26.4 Å². The maximum atomic E-state index is 8.86. The number of hydrogen-bond acceptors (Lipinski definition) is 3. The van der Waals surface area contributed by atoms with Crippen molar-refractivity contribution in [3.8, 4) is 6.07 Å². The average Bonchev–Trinajstić information content (AvgIpc) is 2.19. The molecule has 1 aliphatic rings. The second kappa shape index (κ2) is 5.95. The zero-order valence-electron chi connectivity index (χ0n) is 8.16. The smallest absolute Gasteiger partial charge is 0.0734 e. The van der Waals surface area contributed by atoms with Crippen LogP contribution in [-0.2, 0) is 9.47 Å². The maximum absolute atomic E-state index is 8.86. The lowest BCUT2D eigenvalue weighted by Crippen LogP contribution is -2.27. The fourth-order valence-electron chi connectivity index (χ4n) is 1.73. The minimum atomic E-state index is 0.102. The van der Waals surface area contributed by atoms with Gasteiger partial charge in [-0.2, -0.15) is 5.26 Å². The lowest BCUT2D eigenvalue weighted by Gasteiger charge is -2.26. The zero-order valence-corrected chi connectivity index (χ0v) is 8.16. The number of nitrogens with zero attached hydrogens (tertiary/aromatic N) is 1. The monoisotopic (exact) mass is 183 g/mol. The van der Waals surface area contributed by atoms with Crippen LogP contribution in [0.1, 0.15) is 25.7 Å². The minimum absolute atomic E-state index is 0.102. The van der Waals surface area contributed by atoms with Crippen LogP contribution < -0.4 is 0 Å². The quantitative estimate of drug-likeness (QED) is 0.623. The van der Waals surface area contributed by atoms with Gasteiger partial charge in [-0.3, -0.25) is 0 Å². The van der Waals surface area contributed by atoms with Gasteiger partial charge in [0.15, 0.2) is 0 Å². The summed E-state index contributed by atoms with van der Waals surface area (Å²) in [6.45, 7) is 1.23. The number of rotatable bonds is 4. The normalized spacial score (nSPS) is 28.3. The van der Waals surface area contributed by atoms with Crippen LogP contribution in [0.3, 0.4) is 0 Å². The van der Waals surface area contributed by atoms with Crippen LogP contribution in [0.4, 0.5) is 0 Å². The van der Waals surface area contributed by atoms with Gasteiger partial charge in [-0.15, -0.1) is 0 Å². The topological polar surface area (TPSA) is 42.2 Å². The highest BCUT2D eigenvalue weighted by molar-refractivity contribution is 4.91. The van der Waals surface area contributed by atoms with E-state index in [-0.39, 0.29) is 12.0 Å². The van der Waals surface area contributed by atoms with E-state index >= 15 is 0 Å². The molecule has 0 bridgehead atoms. The molecule has 3 heteroatoms. The summed E-state index contributed by atoms with van der Waals surface area (Å²) in [6.07, 6.45) is 4.53. The Morgan fingerprint density at radius 2 is 2.08 bits per heavy atom. The molecular weight excluding hydrogens is 166 g/mol. The summed E-state index contributed by atoms with van der Waals surface area (Å²) in [5.41, 5.74) is 0. The van der Waals surface area contributed by atoms with Gasteiger partial charge in [-0.05, 0) is 12.8 Å². The molecule has 0 spiro atoms. The van der Waals surface area contributed by atoms with Gasteiger partial charge in [-0.1, -0.05) is 12.8 Å². The molecule has 1 fully saturated rings. The Labute approximate surface area is 79.6 Å². The zero-order chi connectivity index (χ0) is 9.52. The summed E-state index contributed by atoms with van der Waals surface area (Å²) in [6, 6.07) is 2.32. The van der Waals surface area contributed by atoms with Crippen molar-refractivity contribution in [3.05, 3.63) is 0 Å². The predicted molar refractivity (Wildman–Crippen MR) is 49.2 cm³/mol. The minimum Gasteiger partial charge on any atom is -0.382 e. The highest BCUT2D eigenvalue weighted by atomic mass is 16.5. The standard InChI is InChI=1S/C10H17NO2/c1-12-6-7-13-10-5-3-2-4-9(10)8-11/h9-10H,2-7H2,1H3. The molecule has 1 rings (SSSR count). The van der Waals surface area contributed by atoms with Crippen molar-refractivity contribution in [2.45, 2.75) is 31.8 Å². The van der Waals surface area contributed by atoms with Crippen molar-refractivity contribution >= 4 is 0 Å². The second-order valence-corrected chi connectivity index (χ2v) is 3.42. The number of methoxy groups -OCH3 is 1. The van der Waals surface area contributed by atoms with Crippen molar-refractivity contribution in [3.63, 3.8) is 0 Å². The van der Waals surface area contributed by atoms with E-state index in [1.165, 1.54) is 12.8 Å². The second-order valence-electron chi connectivity index (χ2n) is 3.42. The van der Waals surface area contributed by atoms with Crippen LogP contribution in [0, 0.1) is 17.2 Å². The molecule has 3 nitrogen and oxygen atoms in total. The molecule has 0 N–H and O–H groups in total. The SMILES string of the molecule is COCCOC1CCCCC1C#N. The van der Waals surface area contributed by atoms with Gasteiger partial charge in [0, 0.05) is 7.11 Å². The van der Waals surface area contributed by atoms with Crippen molar-refractivity contribution in [2.75, 3.05) is 20.3 Å². The van der Waals surface area contributed by atoms with Crippen LogP contribution in [0.2, 0.25) is 0 Å². The van der Waals surface area contributed by atoms with Crippen molar-refractivity contribution in [2.24, 2.45) is 5.92 Å². The predicted octanol–water partition coefficient (Wildman–Crippen LogP) is 1.73. The number of nitriles is 1. The summed E-state index contributed by atoms with van der Waals surface area (Å²) in [5, 5.41) is 8.86. The molecule has 0 radical (unpaired) electrons. The van der Waals surface area contributed by atoms with E-state index < -0.39 is 0 Å². The fraction of sp³-hybridized carbons (Fsp3) is 0.900. The molecule has 0 aromatic rings. The van der Waals surface area contributed by atoms with Gasteiger partial charge in [0.1, 0.15) is 0 Å². The van der Waals surface area contributed by atoms with Gasteiger partial charge >= 0.3 is 0 Å². The molecule has 74 valence electrons. The third-order valence-corrected chi connectivity index (χ3v) is 2.49. The van der Waals surface area contributed by atoms with E-state index in [2.05, 4.69) is 6.07 Å². The Bertz CT molecular complexity index is 176.